The van der Waals surface area contributed by atoms with Crippen LogP contribution in [-0.4, -0.2) is 6.54 Å². The molecule has 0 fully saturated rings. The number of hydrogen-bond acceptors (Lipinski definition) is 3. The number of hydrogen-bond donors (Lipinski definition) is 1. The molecule has 0 aliphatic rings. The molecule has 108 valence electrons. The maximum absolute atomic E-state index is 6.14. The predicted octanol–water partition coefficient (Wildman–Crippen LogP) is 4.24. The van der Waals surface area contributed by atoms with E-state index in [4.69, 9.17) is 20.8 Å². The summed E-state index contributed by atoms with van der Waals surface area (Å²) >= 11 is 6.14. The van der Waals surface area contributed by atoms with Gasteiger partial charge in [0.1, 0.15) is 18.1 Å². The first kappa shape index (κ1) is 14.9. The molecule has 0 unspecified atom stereocenters. The maximum atomic E-state index is 6.14. The lowest BCUT2D eigenvalue weighted by Crippen LogP contribution is -2.10. The lowest BCUT2D eigenvalue weighted by molar-refractivity contribution is 0.270. The van der Waals surface area contributed by atoms with Crippen LogP contribution in [0.3, 0.4) is 0 Å². The van der Waals surface area contributed by atoms with Crippen molar-refractivity contribution in [2.75, 3.05) is 6.54 Å². The summed E-state index contributed by atoms with van der Waals surface area (Å²) in [7, 11) is 0. The van der Waals surface area contributed by atoms with Crippen LogP contribution < -0.4 is 10.1 Å². The van der Waals surface area contributed by atoms with Crippen molar-refractivity contribution >= 4 is 11.6 Å². The fourth-order valence-electron chi connectivity index (χ4n) is 2.01. The van der Waals surface area contributed by atoms with Crippen LogP contribution >= 0.6 is 11.6 Å². The van der Waals surface area contributed by atoms with Gasteiger partial charge in [-0.1, -0.05) is 18.5 Å². The standard InChI is InChI=1S/C16H20ClNO2/c1-4-18-8-13-7-15(19-9-13)10-20-14-5-11(2)16(17)12(3)6-14/h5-7,9,18H,4,8,10H2,1-3H3. The second kappa shape index (κ2) is 6.82. The van der Waals surface area contributed by atoms with Crippen molar-refractivity contribution in [3.05, 3.63) is 51.9 Å². The van der Waals surface area contributed by atoms with Gasteiger partial charge in [-0.3, -0.25) is 0 Å². The number of nitrogens with one attached hydrogen (secondary N) is 1. The Kier molecular flexibility index (Phi) is 5.10. The Hall–Kier alpha value is -1.45. The van der Waals surface area contributed by atoms with Crippen molar-refractivity contribution in [3.63, 3.8) is 0 Å². The lowest BCUT2D eigenvalue weighted by atomic mass is 10.1. The molecule has 2 rings (SSSR count). The van der Waals surface area contributed by atoms with Crippen molar-refractivity contribution in [3.8, 4) is 5.75 Å². The van der Waals surface area contributed by atoms with E-state index < -0.39 is 0 Å². The third kappa shape index (κ3) is 3.78. The SMILES string of the molecule is CCNCc1coc(COc2cc(C)c(Cl)c(C)c2)c1. The first-order chi connectivity index (χ1) is 9.60. The van der Waals surface area contributed by atoms with Crippen LogP contribution in [-0.2, 0) is 13.2 Å². The van der Waals surface area contributed by atoms with Gasteiger partial charge in [-0.15, -0.1) is 0 Å². The van der Waals surface area contributed by atoms with E-state index >= 15 is 0 Å². The highest BCUT2D eigenvalue weighted by Crippen LogP contribution is 2.26. The minimum Gasteiger partial charge on any atom is -0.486 e. The summed E-state index contributed by atoms with van der Waals surface area (Å²) < 4.78 is 11.2. The van der Waals surface area contributed by atoms with Gasteiger partial charge in [0.05, 0.1) is 6.26 Å². The molecule has 0 amide bonds. The van der Waals surface area contributed by atoms with Gasteiger partial charge < -0.3 is 14.5 Å². The number of furan rings is 1. The van der Waals surface area contributed by atoms with Crippen LogP contribution in [0.5, 0.6) is 5.75 Å². The molecule has 0 saturated heterocycles. The molecule has 20 heavy (non-hydrogen) atoms. The second-order valence-electron chi connectivity index (χ2n) is 4.86. The molecule has 0 aliphatic heterocycles. The van der Waals surface area contributed by atoms with Gasteiger partial charge in [-0.05, 0) is 49.7 Å². The molecule has 3 nitrogen and oxygen atoms in total. The van der Waals surface area contributed by atoms with E-state index in [2.05, 4.69) is 12.2 Å². The van der Waals surface area contributed by atoms with E-state index in [1.165, 1.54) is 0 Å². The van der Waals surface area contributed by atoms with E-state index in [1.54, 1.807) is 6.26 Å². The van der Waals surface area contributed by atoms with Gasteiger partial charge in [0.25, 0.3) is 0 Å². The van der Waals surface area contributed by atoms with Crippen molar-refractivity contribution < 1.29 is 9.15 Å². The topological polar surface area (TPSA) is 34.4 Å². The summed E-state index contributed by atoms with van der Waals surface area (Å²) in [6, 6.07) is 5.90. The van der Waals surface area contributed by atoms with Crippen LogP contribution in [0.1, 0.15) is 29.4 Å². The summed E-state index contributed by atoms with van der Waals surface area (Å²) in [5.41, 5.74) is 3.18. The highest BCUT2D eigenvalue weighted by atomic mass is 35.5. The van der Waals surface area contributed by atoms with Gasteiger partial charge in [-0.2, -0.15) is 0 Å². The largest absolute Gasteiger partial charge is 0.486 e. The highest BCUT2D eigenvalue weighted by Gasteiger charge is 2.06. The molecule has 4 heteroatoms. The second-order valence-corrected chi connectivity index (χ2v) is 5.24. The minimum absolute atomic E-state index is 0.423. The third-order valence-corrected chi connectivity index (χ3v) is 3.67. The van der Waals surface area contributed by atoms with Gasteiger partial charge in [0.2, 0.25) is 0 Å². The number of ether oxygens (including phenoxy) is 1. The van der Waals surface area contributed by atoms with Crippen LogP contribution in [0.25, 0.3) is 0 Å². The zero-order valence-electron chi connectivity index (χ0n) is 12.1. The van der Waals surface area contributed by atoms with Crippen LogP contribution in [0.15, 0.2) is 28.9 Å². The molecule has 2 aromatic rings. The zero-order chi connectivity index (χ0) is 14.5. The van der Waals surface area contributed by atoms with Crippen LogP contribution in [0, 0.1) is 13.8 Å². The number of rotatable bonds is 6. The molecule has 0 radical (unpaired) electrons. The Morgan fingerprint density at radius 3 is 2.55 bits per heavy atom. The minimum atomic E-state index is 0.423. The third-order valence-electron chi connectivity index (χ3n) is 3.08. The van der Waals surface area contributed by atoms with Crippen LogP contribution in [0.2, 0.25) is 5.02 Å². The zero-order valence-corrected chi connectivity index (χ0v) is 12.9. The van der Waals surface area contributed by atoms with Crippen molar-refractivity contribution in [2.45, 2.75) is 33.9 Å². The normalized spacial score (nSPS) is 10.8. The molecular formula is C16H20ClNO2. The predicted molar refractivity (Wildman–Crippen MR) is 81.3 cm³/mol. The van der Waals surface area contributed by atoms with Gasteiger partial charge in [0.15, 0.2) is 0 Å². The summed E-state index contributed by atoms with van der Waals surface area (Å²) in [4.78, 5) is 0. The monoisotopic (exact) mass is 293 g/mol. The van der Waals surface area contributed by atoms with Gasteiger partial charge in [0, 0.05) is 17.1 Å². The summed E-state index contributed by atoms with van der Waals surface area (Å²) in [5.74, 6) is 1.64. The molecule has 0 spiro atoms. The quantitative estimate of drug-likeness (QED) is 0.865. The molecule has 1 N–H and O–H groups in total. The number of benzene rings is 1. The van der Waals surface area contributed by atoms with E-state index in [-0.39, 0.29) is 0 Å². The summed E-state index contributed by atoms with van der Waals surface area (Å²) in [5, 5.41) is 4.05. The van der Waals surface area contributed by atoms with Crippen molar-refractivity contribution in [1.29, 1.82) is 0 Å². The molecule has 1 aromatic carbocycles. The van der Waals surface area contributed by atoms with E-state index in [9.17, 15) is 0 Å². The van der Waals surface area contributed by atoms with Gasteiger partial charge >= 0.3 is 0 Å². The Morgan fingerprint density at radius 2 is 1.90 bits per heavy atom. The van der Waals surface area contributed by atoms with E-state index in [0.29, 0.717) is 6.61 Å². The van der Waals surface area contributed by atoms with Crippen molar-refractivity contribution in [2.24, 2.45) is 0 Å². The van der Waals surface area contributed by atoms with Crippen LogP contribution in [0.4, 0.5) is 0 Å². The molecule has 0 saturated carbocycles. The Balaban J connectivity index is 1.96. The van der Waals surface area contributed by atoms with Gasteiger partial charge in [-0.25, -0.2) is 0 Å². The molecule has 0 aliphatic carbocycles. The fraction of sp³-hybridized carbons (Fsp3) is 0.375. The average Bonchev–Trinajstić information content (AvgIpc) is 2.88. The number of aryl methyl sites for hydroxylation is 2. The molecule has 1 heterocycles. The molecular weight excluding hydrogens is 274 g/mol. The fourth-order valence-corrected chi connectivity index (χ4v) is 2.12. The van der Waals surface area contributed by atoms with Crippen molar-refractivity contribution in [1.82, 2.24) is 5.32 Å². The Morgan fingerprint density at radius 1 is 1.20 bits per heavy atom. The highest BCUT2D eigenvalue weighted by molar-refractivity contribution is 6.32. The summed E-state index contributed by atoms with van der Waals surface area (Å²) in [6.07, 6.45) is 1.76. The average molecular weight is 294 g/mol. The Labute approximate surface area is 124 Å². The lowest BCUT2D eigenvalue weighted by Gasteiger charge is -2.08. The smallest absolute Gasteiger partial charge is 0.146 e. The molecule has 1 aromatic heterocycles. The Bertz CT molecular complexity index is 555. The summed E-state index contributed by atoms with van der Waals surface area (Å²) in [6.45, 7) is 8.22. The van der Waals surface area contributed by atoms with E-state index in [1.807, 2.05) is 32.0 Å². The first-order valence-electron chi connectivity index (χ1n) is 6.76. The molecule has 0 bridgehead atoms. The van der Waals surface area contributed by atoms with E-state index in [0.717, 1.165) is 46.3 Å². The number of halogens is 1. The first-order valence-corrected chi connectivity index (χ1v) is 7.14. The maximum Gasteiger partial charge on any atom is 0.146 e. The molecule has 0 atom stereocenters.